The third kappa shape index (κ3) is 2.60. The van der Waals surface area contributed by atoms with Crippen LogP contribution in [0.4, 0.5) is 5.69 Å². The van der Waals surface area contributed by atoms with Gasteiger partial charge < -0.3 is 16.4 Å². The molecule has 0 saturated carbocycles. The minimum atomic E-state index is -0.500. The van der Waals surface area contributed by atoms with Crippen LogP contribution in [0, 0.1) is 0 Å². The lowest BCUT2D eigenvalue weighted by Gasteiger charge is -2.38. The van der Waals surface area contributed by atoms with Crippen molar-refractivity contribution in [3.8, 4) is 0 Å². The van der Waals surface area contributed by atoms with Crippen LogP contribution < -0.4 is 16.4 Å². The number of piperidine rings is 1. The Bertz CT molecular complexity index is 464. The molecule has 4 N–H and O–H groups in total. The zero-order valence-electron chi connectivity index (χ0n) is 10.4. The van der Waals surface area contributed by atoms with Gasteiger partial charge in [0, 0.05) is 24.3 Å². The standard InChI is InChI=1S/C13H18ClN3O/c1-8-6-9(15)4-5-17(8)10-2-3-11(13(16)18)12(14)7-10/h2-3,7-9H,4-6,15H2,1H3,(H2,16,18). The number of benzene rings is 1. The number of anilines is 1. The van der Waals surface area contributed by atoms with E-state index in [1.54, 1.807) is 12.1 Å². The third-order valence-electron chi connectivity index (χ3n) is 3.47. The summed E-state index contributed by atoms with van der Waals surface area (Å²) in [5.41, 5.74) is 12.6. The Morgan fingerprint density at radius 2 is 2.22 bits per heavy atom. The molecule has 2 rings (SSSR count). The number of amides is 1. The largest absolute Gasteiger partial charge is 0.369 e. The summed E-state index contributed by atoms with van der Waals surface area (Å²) in [6.45, 7) is 3.06. The van der Waals surface area contributed by atoms with Gasteiger partial charge in [-0.15, -0.1) is 0 Å². The summed E-state index contributed by atoms with van der Waals surface area (Å²) >= 11 is 6.07. The summed E-state index contributed by atoms with van der Waals surface area (Å²) in [7, 11) is 0. The highest BCUT2D eigenvalue weighted by Crippen LogP contribution is 2.28. The van der Waals surface area contributed by atoms with E-state index in [0.29, 0.717) is 16.6 Å². The molecule has 0 aliphatic carbocycles. The monoisotopic (exact) mass is 267 g/mol. The van der Waals surface area contributed by atoms with Gasteiger partial charge in [-0.2, -0.15) is 0 Å². The predicted molar refractivity (Wildman–Crippen MR) is 74.0 cm³/mol. The van der Waals surface area contributed by atoms with Gasteiger partial charge in [-0.25, -0.2) is 0 Å². The molecule has 0 bridgehead atoms. The fraction of sp³-hybridized carbons (Fsp3) is 0.462. The lowest BCUT2D eigenvalue weighted by Crippen LogP contribution is -2.45. The molecule has 0 radical (unpaired) electrons. The minimum Gasteiger partial charge on any atom is -0.369 e. The van der Waals surface area contributed by atoms with Gasteiger partial charge >= 0.3 is 0 Å². The van der Waals surface area contributed by atoms with Gasteiger partial charge in [0.15, 0.2) is 0 Å². The molecule has 5 heteroatoms. The van der Waals surface area contributed by atoms with E-state index in [2.05, 4.69) is 11.8 Å². The molecule has 1 aromatic carbocycles. The number of carbonyl (C=O) groups is 1. The second-order valence-corrected chi connectivity index (χ2v) is 5.26. The highest BCUT2D eigenvalue weighted by Gasteiger charge is 2.23. The smallest absolute Gasteiger partial charge is 0.250 e. The molecule has 2 unspecified atom stereocenters. The first-order valence-electron chi connectivity index (χ1n) is 6.10. The molecule has 1 heterocycles. The summed E-state index contributed by atoms with van der Waals surface area (Å²) in [5, 5.41) is 0.405. The van der Waals surface area contributed by atoms with Crippen molar-refractivity contribution in [3.05, 3.63) is 28.8 Å². The lowest BCUT2D eigenvalue weighted by atomic mass is 9.98. The van der Waals surface area contributed by atoms with E-state index < -0.39 is 5.91 Å². The lowest BCUT2D eigenvalue weighted by molar-refractivity contribution is 0.100. The Balaban J connectivity index is 2.24. The SMILES string of the molecule is CC1CC(N)CCN1c1ccc(C(N)=O)c(Cl)c1. The Morgan fingerprint density at radius 3 is 2.78 bits per heavy atom. The highest BCUT2D eigenvalue weighted by molar-refractivity contribution is 6.34. The van der Waals surface area contributed by atoms with Gasteiger partial charge in [-0.3, -0.25) is 4.79 Å². The normalized spacial score (nSPS) is 24.1. The third-order valence-corrected chi connectivity index (χ3v) is 3.78. The molecular formula is C13H18ClN3O. The van der Waals surface area contributed by atoms with Gasteiger partial charge in [0.1, 0.15) is 0 Å². The predicted octanol–water partition coefficient (Wildman–Crippen LogP) is 1.75. The average molecular weight is 268 g/mol. The van der Waals surface area contributed by atoms with Crippen LogP contribution in [0.2, 0.25) is 5.02 Å². The fourth-order valence-electron chi connectivity index (χ4n) is 2.47. The van der Waals surface area contributed by atoms with Crippen molar-refractivity contribution in [1.29, 1.82) is 0 Å². The highest BCUT2D eigenvalue weighted by atomic mass is 35.5. The number of carbonyl (C=O) groups excluding carboxylic acids is 1. The number of nitrogens with zero attached hydrogens (tertiary/aromatic N) is 1. The molecule has 1 saturated heterocycles. The van der Waals surface area contributed by atoms with Crippen molar-refractivity contribution in [2.75, 3.05) is 11.4 Å². The van der Waals surface area contributed by atoms with Gasteiger partial charge in [0.25, 0.3) is 0 Å². The van der Waals surface area contributed by atoms with Gasteiger partial charge in [-0.1, -0.05) is 11.6 Å². The maximum absolute atomic E-state index is 11.1. The summed E-state index contributed by atoms with van der Waals surface area (Å²) in [4.78, 5) is 13.4. The van der Waals surface area contributed by atoms with Crippen LogP contribution in [0.15, 0.2) is 18.2 Å². The van der Waals surface area contributed by atoms with Crippen molar-refractivity contribution < 1.29 is 4.79 Å². The fourth-order valence-corrected chi connectivity index (χ4v) is 2.74. The number of rotatable bonds is 2. The van der Waals surface area contributed by atoms with Crippen molar-refractivity contribution in [2.45, 2.75) is 31.8 Å². The van der Waals surface area contributed by atoms with Crippen LogP contribution in [0.1, 0.15) is 30.1 Å². The summed E-state index contributed by atoms with van der Waals surface area (Å²) < 4.78 is 0. The van der Waals surface area contributed by atoms with E-state index >= 15 is 0 Å². The number of hydrogen-bond donors (Lipinski definition) is 2. The topological polar surface area (TPSA) is 72.3 Å². The van der Waals surface area contributed by atoms with E-state index in [9.17, 15) is 4.79 Å². The Labute approximate surface area is 112 Å². The number of nitrogens with two attached hydrogens (primary N) is 2. The molecule has 1 aromatic rings. The molecule has 1 aliphatic rings. The van der Waals surface area contributed by atoms with E-state index in [1.807, 2.05) is 6.07 Å². The minimum absolute atomic E-state index is 0.275. The van der Waals surface area contributed by atoms with E-state index in [0.717, 1.165) is 25.1 Å². The van der Waals surface area contributed by atoms with Crippen molar-refractivity contribution in [2.24, 2.45) is 11.5 Å². The molecule has 1 fully saturated rings. The molecule has 4 nitrogen and oxygen atoms in total. The quantitative estimate of drug-likeness (QED) is 0.858. The molecular weight excluding hydrogens is 250 g/mol. The van der Waals surface area contributed by atoms with Gasteiger partial charge in [0.05, 0.1) is 10.6 Å². The van der Waals surface area contributed by atoms with E-state index in [-0.39, 0.29) is 6.04 Å². The van der Waals surface area contributed by atoms with Crippen LogP contribution in [0.5, 0.6) is 0 Å². The van der Waals surface area contributed by atoms with E-state index in [1.165, 1.54) is 0 Å². The zero-order chi connectivity index (χ0) is 13.3. The van der Waals surface area contributed by atoms with Crippen LogP contribution in [-0.4, -0.2) is 24.5 Å². The maximum Gasteiger partial charge on any atom is 0.250 e. The first-order chi connectivity index (χ1) is 8.49. The molecule has 1 amide bonds. The van der Waals surface area contributed by atoms with Crippen LogP contribution in [-0.2, 0) is 0 Å². The van der Waals surface area contributed by atoms with Gasteiger partial charge in [0.2, 0.25) is 5.91 Å². The van der Waals surface area contributed by atoms with Crippen molar-refractivity contribution in [1.82, 2.24) is 0 Å². The Hall–Kier alpha value is -1.26. The van der Waals surface area contributed by atoms with Crippen LogP contribution in [0.3, 0.4) is 0 Å². The van der Waals surface area contributed by atoms with E-state index in [4.69, 9.17) is 23.1 Å². The molecule has 18 heavy (non-hydrogen) atoms. The van der Waals surface area contributed by atoms with Crippen LogP contribution in [0.25, 0.3) is 0 Å². The summed E-state index contributed by atoms with van der Waals surface area (Å²) in [6.07, 6.45) is 1.94. The second-order valence-electron chi connectivity index (χ2n) is 4.86. The van der Waals surface area contributed by atoms with Crippen LogP contribution >= 0.6 is 11.6 Å². The molecule has 2 atom stereocenters. The zero-order valence-corrected chi connectivity index (χ0v) is 11.2. The van der Waals surface area contributed by atoms with Gasteiger partial charge in [-0.05, 0) is 38.0 Å². The first-order valence-corrected chi connectivity index (χ1v) is 6.48. The Kier molecular flexibility index (Phi) is 3.78. The second kappa shape index (κ2) is 5.16. The number of hydrogen-bond acceptors (Lipinski definition) is 3. The summed E-state index contributed by atoms with van der Waals surface area (Å²) in [6, 6.07) is 6.02. The molecule has 0 aromatic heterocycles. The maximum atomic E-state index is 11.1. The van der Waals surface area contributed by atoms with Crippen molar-refractivity contribution in [3.63, 3.8) is 0 Å². The van der Waals surface area contributed by atoms with Crippen molar-refractivity contribution >= 4 is 23.2 Å². The molecule has 98 valence electrons. The summed E-state index contributed by atoms with van der Waals surface area (Å²) in [5.74, 6) is -0.500. The number of halogens is 1. The Morgan fingerprint density at radius 1 is 1.50 bits per heavy atom. The number of primary amides is 1. The first kappa shape index (κ1) is 13.2. The molecule has 1 aliphatic heterocycles. The average Bonchev–Trinajstić information content (AvgIpc) is 2.28. The molecule has 0 spiro atoms.